The Balaban J connectivity index is 2.16. The molecule has 3 N–H and O–H groups in total. The van der Waals surface area contributed by atoms with Crippen molar-refractivity contribution in [2.45, 2.75) is 39.5 Å². The fourth-order valence-electron chi connectivity index (χ4n) is 2.44. The Hall–Kier alpha value is -1.51. The zero-order chi connectivity index (χ0) is 12.5. The summed E-state index contributed by atoms with van der Waals surface area (Å²) in [6, 6.07) is 5.62. The van der Waals surface area contributed by atoms with Crippen LogP contribution in [0.2, 0.25) is 0 Å². The number of anilines is 2. The molecular weight excluding hydrogens is 212 g/mol. The topological polar surface area (TPSA) is 55.1 Å². The molecular formula is C14H20N2O. The van der Waals surface area contributed by atoms with Crippen LogP contribution in [0.5, 0.6) is 0 Å². The van der Waals surface area contributed by atoms with Crippen LogP contribution >= 0.6 is 0 Å². The van der Waals surface area contributed by atoms with Crippen molar-refractivity contribution in [2.75, 3.05) is 11.1 Å². The predicted molar refractivity (Wildman–Crippen MR) is 70.8 cm³/mol. The van der Waals surface area contributed by atoms with Gasteiger partial charge in [-0.25, -0.2) is 0 Å². The molecule has 0 saturated heterocycles. The van der Waals surface area contributed by atoms with Crippen LogP contribution in [0.4, 0.5) is 11.4 Å². The number of rotatable bonds is 2. The molecule has 0 aliphatic heterocycles. The Morgan fingerprint density at radius 3 is 2.65 bits per heavy atom. The van der Waals surface area contributed by atoms with Gasteiger partial charge in [-0.3, -0.25) is 4.79 Å². The van der Waals surface area contributed by atoms with Gasteiger partial charge in [-0.15, -0.1) is 0 Å². The molecule has 17 heavy (non-hydrogen) atoms. The van der Waals surface area contributed by atoms with E-state index in [9.17, 15) is 4.79 Å². The number of hydrogen-bond donors (Lipinski definition) is 2. The number of carbonyl (C=O) groups is 1. The van der Waals surface area contributed by atoms with E-state index >= 15 is 0 Å². The van der Waals surface area contributed by atoms with Crippen molar-refractivity contribution in [1.29, 1.82) is 0 Å². The van der Waals surface area contributed by atoms with E-state index in [2.05, 4.69) is 12.2 Å². The number of nitrogens with one attached hydrogen (secondary N) is 1. The van der Waals surface area contributed by atoms with Crippen molar-refractivity contribution in [2.24, 2.45) is 5.41 Å². The van der Waals surface area contributed by atoms with E-state index < -0.39 is 0 Å². The van der Waals surface area contributed by atoms with Gasteiger partial charge >= 0.3 is 0 Å². The van der Waals surface area contributed by atoms with Gasteiger partial charge in [0.05, 0.1) is 0 Å². The van der Waals surface area contributed by atoms with Crippen LogP contribution in [-0.2, 0) is 4.79 Å². The first kappa shape index (κ1) is 12.0. The summed E-state index contributed by atoms with van der Waals surface area (Å²) in [6.07, 6.45) is 4.28. The first-order chi connectivity index (χ1) is 8.03. The van der Waals surface area contributed by atoms with E-state index in [1.54, 1.807) is 0 Å². The third-order valence-corrected chi connectivity index (χ3v) is 3.88. The number of carbonyl (C=O) groups excluding carboxylic acids is 1. The molecule has 1 aliphatic rings. The lowest BCUT2D eigenvalue weighted by atomic mass is 9.87. The van der Waals surface area contributed by atoms with Gasteiger partial charge in [0, 0.05) is 16.8 Å². The van der Waals surface area contributed by atoms with Crippen molar-refractivity contribution in [3.8, 4) is 0 Å². The van der Waals surface area contributed by atoms with E-state index in [0.29, 0.717) is 0 Å². The molecule has 0 radical (unpaired) electrons. The van der Waals surface area contributed by atoms with Crippen molar-refractivity contribution in [3.63, 3.8) is 0 Å². The first-order valence-electron chi connectivity index (χ1n) is 6.19. The van der Waals surface area contributed by atoms with Crippen LogP contribution in [0.1, 0.15) is 38.2 Å². The van der Waals surface area contributed by atoms with Crippen LogP contribution in [-0.4, -0.2) is 5.91 Å². The maximum Gasteiger partial charge on any atom is 0.230 e. The lowest BCUT2D eigenvalue weighted by molar-refractivity contribution is -0.124. The van der Waals surface area contributed by atoms with Gasteiger partial charge in [0.1, 0.15) is 0 Å². The zero-order valence-electron chi connectivity index (χ0n) is 10.5. The van der Waals surface area contributed by atoms with E-state index in [1.807, 2.05) is 25.1 Å². The highest BCUT2D eigenvalue weighted by Gasteiger charge is 2.36. The first-order valence-corrected chi connectivity index (χ1v) is 6.19. The maximum atomic E-state index is 12.2. The van der Waals surface area contributed by atoms with Crippen molar-refractivity contribution < 1.29 is 4.79 Å². The zero-order valence-corrected chi connectivity index (χ0v) is 10.5. The SMILES string of the molecule is Cc1c(N)cccc1NC(=O)C1(C)CCCC1. The van der Waals surface area contributed by atoms with Gasteiger partial charge < -0.3 is 11.1 Å². The van der Waals surface area contributed by atoms with Gasteiger partial charge in [0.25, 0.3) is 0 Å². The Kier molecular flexibility index (Phi) is 3.09. The van der Waals surface area contributed by atoms with E-state index in [1.165, 1.54) is 0 Å². The second kappa shape index (κ2) is 4.40. The second-order valence-electron chi connectivity index (χ2n) is 5.24. The largest absolute Gasteiger partial charge is 0.398 e. The molecule has 0 heterocycles. The second-order valence-corrected chi connectivity index (χ2v) is 5.24. The molecule has 1 amide bonds. The fraction of sp³-hybridized carbons (Fsp3) is 0.500. The van der Waals surface area contributed by atoms with Crippen LogP contribution in [0.3, 0.4) is 0 Å². The van der Waals surface area contributed by atoms with E-state index in [4.69, 9.17) is 5.73 Å². The summed E-state index contributed by atoms with van der Waals surface area (Å²) in [7, 11) is 0. The molecule has 0 unspecified atom stereocenters. The number of amides is 1. The summed E-state index contributed by atoms with van der Waals surface area (Å²) in [4.78, 5) is 12.2. The predicted octanol–water partition coefficient (Wildman–Crippen LogP) is 3.10. The summed E-state index contributed by atoms with van der Waals surface area (Å²) in [5, 5.41) is 3.01. The molecule has 3 heteroatoms. The lowest BCUT2D eigenvalue weighted by Crippen LogP contribution is -2.31. The van der Waals surface area contributed by atoms with Crippen LogP contribution < -0.4 is 11.1 Å². The highest BCUT2D eigenvalue weighted by atomic mass is 16.2. The van der Waals surface area contributed by atoms with Gasteiger partial charge in [-0.1, -0.05) is 25.8 Å². The minimum atomic E-state index is -0.197. The Labute approximate surface area is 102 Å². The average Bonchev–Trinajstić information content (AvgIpc) is 2.73. The summed E-state index contributed by atoms with van der Waals surface area (Å²) >= 11 is 0. The van der Waals surface area contributed by atoms with E-state index in [-0.39, 0.29) is 11.3 Å². The van der Waals surface area contributed by atoms with Crippen molar-refractivity contribution in [3.05, 3.63) is 23.8 Å². The quantitative estimate of drug-likeness (QED) is 0.770. The average molecular weight is 232 g/mol. The number of nitrogens with two attached hydrogens (primary N) is 1. The molecule has 1 aromatic carbocycles. The molecule has 2 rings (SSSR count). The van der Waals surface area contributed by atoms with Gasteiger partial charge in [0.15, 0.2) is 0 Å². The Morgan fingerprint density at radius 2 is 2.00 bits per heavy atom. The third kappa shape index (κ3) is 2.28. The normalized spacial score (nSPS) is 18.0. The number of hydrogen-bond acceptors (Lipinski definition) is 2. The van der Waals surface area contributed by atoms with Gasteiger partial charge in [-0.2, -0.15) is 0 Å². The fourth-order valence-corrected chi connectivity index (χ4v) is 2.44. The maximum absolute atomic E-state index is 12.2. The molecule has 0 aromatic heterocycles. The Morgan fingerprint density at radius 1 is 1.35 bits per heavy atom. The lowest BCUT2D eigenvalue weighted by Gasteiger charge is -2.23. The third-order valence-electron chi connectivity index (χ3n) is 3.88. The molecule has 0 bridgehead atoms. The summed E-state index contributed by atoms with van der Waals surface area (Å²) in [6.45, 7) is 3.99. The summed E-state index contributed by atoms with van der Waals surface area (Å²) in [5.74, 6) is 0.128. The molecule has 3 nitrogen and oxygen atoms in total. The molecule has 1 fully saturated rings. The number of nitrogen functional groups attached to an aromatic ring is 1. The summed E-state index contributed by atoms with van der Waals surface area (Å²) < 4.78 is 0. The standard InChI is InChI=1S/C14H20N2O/c1-10-11(15)6-5-7-12(10)16-13(17)14(2)8-3-4-9-14/h5-7H,3-4,8-9,15H2,1-2H3,(H,16,17). The minimum Gasteiger partial charge on any atom is -0.398 e. The summed E-state index contributed by atoms with van der Waals surface area (Å²) in [5.41, 5.74) is 8.14. The monoisotopic (exact) mass is 232 g/mol. The van der Waals surface area contributed by atoms with Crippen LogP contribution in [0.25, 0.3) is 0 Å². The smallest absolute Gasteiger partial charge is 0.230 e. The molecule has 1 aromatic rings. The van der Waals surface area contributed by atoms with Gasteiger partial charge in [-0.05, 0) is 37.5 Å². The molecule has 1 aliphatic carbocycles. The van der Waals surface area contributed by atoms with Crippen molar-refractivity contribution >= 4 is 17.3 Å². The highest BCUT2D eigenvalue weighted by Crippen LogP contribution is 2.38. The molecule has 0 spiro atoms. The molecule has 1 saturated carbocycles. The van der Waals surface area contributed by atoms with Crippen LogP contribution in [0.15, 0.2) is 18.2 Å². The Bertz CT molecular complexity index is 434. The van der Waals surface area contributed by atoms with Crippen LogP contribution in [0, 0.1) is 12.3 Å². The van der Waals surface area contributed by atoms with E-state index in [0.717, 1.165) is 42.6 Å². The van der Waals surface area contributed by atoms with Gasteiger partial charge in [0.2, 0.25) is 5.91 Å². The molecule has 92 valence electrons. The highest BCUT2D eigenvalue weighted by molar-refractivity contribution is 5.96. The number of benzene rings is 1. The van der Waals surface area contributed by atoms with Crippen molar-refractivity contribution in [1.82, 2.24) is 0 Å². The molecule has 0 atom stereocenters. The minimum absolute atomic E-state index is 0.128.